The van der Waals surface area contributed by atoms with Crippen molar-refractivity contribution >= 4 is 0 Å². The molecule has 192 valence electrons. The van der Waals surface area contributed by atoms with Gasteiger partial charge in [0.05, 0.1) is 18.3 Å². The Balaban J connectivity index is 2.86. The van der Waals surface area contributed by atoms with Crippen LogP contribution in [0.15, 0.2) is 0 Å². The Bertz CT molecular complexity index is 661. The molecule has 1 aromatic carbocycles. The maximum absolute atomic E-state index is 14.0. The topological polar surface area (TPSA) is 36.9 Å². The van der Waals surface area contributed by atoms with Crippen LogP contribution >= 0.6 is 0 Å². The maximum Gasteiger partial charge on any atom is 0.272 e. The second-order valence-corrected chi connectivity index (χ2v) is 8.54. The van der Waals surface area contributed by atoms with Crippen molar-refractivity contribution in [2.45, 2.75) is 111 Å². The van der Waals surface area contributed by atoms with Gasteiger partial charge in [0.25, 0.3) is 6.48 Å². The van der Waals surface area contributed by atoms with Gasteiger partial charge in [0.15, 0.2) is 5.75 Å². The molecule has 0 heterocycles. The summed E-state index contributed by atoms with van der Waals surface area (Å²) in [6.45, 7) is 7.79. The summed E-state index contributed by atoms with van der Waals surface area (Å²) in [6, 6.07) is 0. The van der Waals surface area contributed by atoms with Crippen LogP contribution < -0.4 is 4.74 Å². The molecule has 0 amide bonds. The molecule has 33 heavy (non-hydrogen) atoms. The lowest BCUT2D eigenvalue weighted by Gasteiger charge is -2.27. The summed E-state index contributed by atoms with van der Waals surface area (Å²) in [5.41, 5.74) is 0. The molecule has 0 N–H and O–H groups in total. The normalized spacial score (nSPS) is 12.9. The zero-order chi connectivity index (χ0) is 25.0. The molecule has 0 spiro atoms. The van der Waals surface area contributed by atoms with Gasteiger partial charge in [0.2, 0.25) is 29.1 Å². The lowest BCUT2D eigenvalue weighted by Crippen LogP contribution is -2.34. The van der Waals surface area contributed by atoms with Crippen LogP contribution in [0.25, 0.3) is 0 Å². The smallest absolute Gasteiger partial charge is 0.272 e. The fourth-order valence-electron chi connectivity index (χ4n) is 3.11. The zero-order valence-corrected chi connectivity index (χ0v) is 20.2. The lowest BCUT2D eigenvalue weighted by molar-refractivity contribution is -0.328. The predicted octanol–water partition coefficient (Wildman–Crippen LogP) is 7.42. The van der Waals surface area contributed by atoms with Crippen molar-refractivity contribution in [2.24, 2.45) is 0 Å². The van der Waals surface area contributed by atoms with Crippen molar-refractivity contribution < 1.29 is 40.9 Å². The van der Waals surface area contributed by atoms with Gasteiger partial charge in [-0.3, -0.25) is 0 Å². The number of benzene rings is 1. The second-order valence-electron chi connectivity index (χ2n) is 8.54. The van der Waals surface area contributed by atoms with E-state index >= 15 is 0 Å². The number of rotatable bonds is 17. The van der Waals surface area contributed by atoms with Crippen LogP contribution in [0.1, 0.15) is 86.0 Å². The van der Waals surface area contributed by atoms with Crippen LogP contribution in [0.3, 0.4) is 0 Å². The monoisotopic (exact) mass is 484 g/mol. The molecule has 0 radical (unpaired) electrons. The van der Waals surface area contributed by atoms with Crippen LogP contribution in [-0.4, -0.2) is 31.4 Å². The minimum absolute atomic E-state index is 0.232. The molecule has 1 unspecified atom stereocenters. The van der Waals surface area contributed by atoms with Crippen molar-refractivity contribution in [1.29, 1.82) is 0 Å². The van der Waals surface area contributed by atoms with E-state index in [0.29, 0.717) is 6.42 Å². The van der Waals surface area contributed by atoms with Gasteiger partial charge in [-0.1, -0.05) is 51.9 Å². The van der Waals surface area contributed by atoms with Gasteiger partial charge >= 0.3 is 0 Å². The molecule has 0 saturated heterocycles. The number of unbranched alkanes of at least 4 members (excludes halogenated alkanes) is 6. The molecule has 1 atom stereocenters. The summed E-state index contributed by atoms with van der Waals surface area (Å²) in [7, 11) is 0. The van der Waals surface area contributed by atoms with Crippen LogP contribution in [0.4, 0.5) is 22.0 Å². The summed E-state index contributed by atoms with van der Waals surface area (Å²) >= 11 is 0. The summed E-state index contributed by atoms with van der Waals surface area (Å²) in [6.07, 6.45) is 6.48. The van der Waals surface area contributed by atoms with Gasteiger partial charge in [-0.2, -0.15) is 8.78 Å². The first-order valence-corrected chi connectivity index (χ1v) is 11.7. The highest BCUT2D eigenvalue weighted by atomic mass is 19.2. The van der Waals surface area contributed by atoms with Crippen molar-refractivity contribution in [3.63, 3.8) is 0 Å². The first kappa shape index (κ1) is 29.6. The molecule has 0 fully saturated rings. The van der Waals surface area contributed by atoms with Gasteiger partial charge in [0, 0.05) is 0 Å². The second kappa shape index (κ2) is 15.5. The number of ether oxygens (including phenoxy) is 4. The SMILES string of the molecule is CCCCCCCCCC(COc1c(F)c(F)c(F)c(F)c1F)OC(OC(C)C)OC(C)C. The third kappa shape index (κ3) is 10.6. The standard InChI is InChI=1S/C24H37F5O4/c1-6-7-8-9-10-11-12-13-17(33-24(31-15(2)3)32-16(4)5)14-30-23-21(28)19(26)18(25)20(27)22(23)29/h15-17,24H,6-14H2,1-5H3. The molecule has 0 aliphatic carbocycles. The van der Waals surface area contributed by atoms with Gasteiger partial charge in [-0.15, -0.1) is 0 Å². The van der Waals surface area contributed by atoms with Crippen LogP contribution in [0.2, 0.25) is 0 Å². The first-order valence-electron chi connectivity index (χ1n) is 11.7. The Hall–Kier alpha value is -1.45. The average molecular weight is 485 g/mol. The molecule has 0 saturated carbocycles. The Morgan fingerprint density at radius 1 is 0.606 bits per heavy atom. The third-order valence-electron chi connectivity index (χ3n) is 4.78. The summed E-state index contributed by atoms with van der Waals surface area (Å²) < 4.78 is 90.3. The highest BCUT2D eigenvalue weighted by molar-refractivity contribution is 5.29. The zero-order valence-electron chi connectivity index (χ0n) is 20.2. The largest absolute Gasteiger partial charge is 0.485 e. The van der Waals surface area contributed by atoms with Crippen LogP contribution in [0.5, 0.6) is 5.75 Å². The molecule has 1 aromatic rings. The molecule has 4 nitrogen and oxygen atoms in total. The maximum atomic E-state index is 14.0. The molecule has 1 rings (SSSR count). The molecular formula is C24H37F5O4. The first-order chi connectivity index (χ1) is 15.6. The highest BCUT2D eigenvalue weighted by Gasteiger charge is 2.28. The summed E-state index contributed by atoms with van der Waals surface area (Å²) in [5.74, 6) is -11.7. The molecule has 0 bridgehead atoms. The van der Waals surface area contributed by atoms with E-state index in [1.54, 1.807) is 27.7 Å². The van der Waals surface area contributed by atoms with E-state index < -0.39 is 54.0 Å². The quantitative estimate of drug-likeness (QED) is 0.0758. The van der Waals surface area contributed by atoms with E-state index in [9.17, 15) is 22.0 Å². The van der Waals surface area contributed by atoms with Crippen molar-refractivity contribution in [3.8, 4) is 5.75 Å². The van der Waals surface area contributed by atoms with Gasteiger partial charge in [-0.05, 0) is 34.1 Å². The number of hydrogen-bond acceptors (Lipinski definition) is 4. The summed E-state index contributed by atoms with van der Waals surface area (Å²) in [5, 5.41) is 0. The van der Waals surface area contributed by atoms with Gasteiger partial charge in [-0.25, -0.2) is 13.2 Å². The van der Waals surface area contributed by atoms with E-state index in [0.717, 1.165) is 38.5 Å². The van der Waals surface area contributed by atoms with Gasteiger partial charge in [0.1, 0.15) is 6.61 Å². The number of hydrogen-bond donors (Lipinski definition) is 0. The van der Waals surface area contributed by atoms with E-state index in [1.165, 1.54) is 6.42 Å². The molecular weight excluding hydrogens is 447 g/mol. The number of halogens is 5. The predicted molar refractivity (Wildman–Crippen MR) is 115 cm³/mol. The Morgan fingerprint density at radius 3 is 1.55 bits per heavy atom. The minimum Gasteiger partial charge on any atom is -0.485 e. The van der Waals surface area contributed by atoms with Crippen molar-refractivity contribution in [3.05, 3.63) is 29.1 Å². The molecule has 0 aliphatic rings. The van der Waals surface area contributed by atoms with Crippen LogP contribution in [0, 0.1) is 29.1 Å². The van der Waals surface area contributed by atoms with Crippen molar-refractivity contribution in [1.82, 2.24) is 0 Å². The Morgan fingerprint density at radius 2 is 1.06 bits per heavy atom. The Kier molecular flexibility index (Phi) is 13.9. The van der Waals surface area contributed by atoms with Crippen molar-refractivity contribution in [2.75, 3.05) is 6.61 Å². The van der Waals surface area contributed by atoms with E-state index in [-0.39, 0.29) is 12.2 Å². The third-order valence-corrected chi connectivity index (χ3v) is 4.78. The van der Waals surface area contributed by atoms with Gasteiger partial charge < -0.3 is 18.9 Å². The molecule has 0 aliphatic heterocycles. The average Bonchev–Trinajstić information content (AvgIpc) is 2.74. The van der Waals surface area contributed by atoms with E-state index in [2.05, 4.69) is 6.92 Å². The Labute approximate surface area is 193 Å². The fraction of sp³-hybridized carbons (Fsp3) is 0.750. The fourth-order valence-corrected chi connectivity index (χ4v) is 3.11. The minimum atomic E-state index is -2.23. The molecule has 0 aromatic heterocycles. The van der Waals surface area contributed by atoms with E-state index in [1.807, 2.05) is 0 Å². The van der Waals surface area contributed by atoms with Crippen LogP contribution in [-0.2, 0) is 14.2 Å². The lowest BCUT2D eigenvalue weighted by atomic mass is 10.1. The molecule has 9 heteroatoms. The highest BCUT2D eigenvalue weighted by Crippen LogP contribution is 2.29. The van der Waals surface area contributed by atoms with E-state index in [4.69, 9.17) is 18.9 Å². The summed E-state index contributed by atoms with van der Waals surface area (Å²) in [4.78, 5) is 0.